The molecule has 2 aliphatic heterocycles. The number of piperidine rings is 1. The van der Waals surface area contributed by atoms with Crippen molar-refractivity contribution in [3.8, 4) is 11.6 Å². The van der Waals surface area contributed by atoms with E-state index in [-0.39, 0.29) is 12.3 Å². The van der Waals surface area contributed by atoms with Crippen molar-refractivity contribution in [2.75, 3.05) is 20.1 Å². The van der Waals surface area contributed by atoms with Gasteiger partial charge in [-0.3, -0.25) is 14.5 Å². The van der Waals surface area contributed by atoms with Crippen molar-refractivity contribution in [2.24, 2.45) is 5.92 Å². The largest absolute Gasteiger partial charge is 0.481 e. The number of carbonyl (C=O) groups is 2. The molecule has 0 aliphatic carbocycles. The molecule has 2 aromatic rings. The van der Waals surface area contributed by atoms with Gasteiger partial charge in [0.1, 0.15) is 0 Å². The Labute approximate surface area is 149 Å². The molecule has 0 saturated carbocycles. The predicted molar refractivity (Wildman–Crippen MR) is 87.8 cm³/mol. The minimum atomic E-state index is -0.892. The molecule has 1 amide bonds. The van der Waals surface area contributed by atoms with Gasteiger partial charge in [0.15, 0.2) is 5.76 Å². The lowest BCUT2D eigenvalue weighted by molar-refractivity contribution is -0.146. The van der Waals surface area contributed by atoms with Gasteiger partial charge in [0, 0.05) is 26.6 Å². The first-order chi connectivity index (χ1) is 12.5. The zero-order valence-electron chi connectivity index (χ0n) is 14.4. The summed E-state index contributed by atoms with van der Waals surface area (Å²) in [7, 11) is 1.72. The summed E-state index contributed by atoms with van der Waals surface area (Å²) in [5, 5.41) is 13.4. The summed E-state index contributed by atoms with van der Waals surface area (Å²) < 4.78 is 10.5. The van der Waals surface area contributed by atoms with Crippen LogP contribution in [0.4, 0.5) is 0 Å². The van der Waals surface area contributed by atoms with E-state index in [1.54, 1.807) is 30.3 Å². The molecule has 4 rings (SSSR count). The fraction of sp³-hybridized carbons (Fsp3) is 0.529. The monoisotopic (exact) mass is 360 g/mol. The van der Waals surface area contributed by atoms with Crippen molar-refractivity contribution in [3.05, 3.63) is 24.3 Å². The first-order valence-electron chi connectivity index (χ1n) is 8.58. The molecule has 1 spiro atoms. The second kappa shape index (κ2) is 6.24. The van der Waals surface area contributed by atoms with Crippen molar-refractivity contribution < 1.29 is 23.6 Å². The quantitative estimate of drug-likeness (QED) is 0.866. The van der Waals surface area contributed by atoms with Crippen LogP contribution in [-0.2, 0) is 16.1 Å². The summed E-state index contributed by atoms with van der Waals surface area (Å²) in [6.07, 6.45) is 2.87. The number of hydrogen-bond donors (Lipinski definition) is 1. The zero-order valence-corrected chi connectivity index (χ0v) is 14.4. The highest BCUT2D eigenvalue weighted by Crippen LogP contribution is 2.42. The first kappa shape index (κ1) is 16.8. The van der Waals surface area contributed by atoms with Crippen LogP contribution < -0.4 is 0 Å². The van der Waals surface area contributed by atoms with Gasteiger partial charge in [-0.05, 0) is 25.0 Å². The number of nitrogens with zero attached hydrogens (tertiary/aromatic N) is 4. The normalized spacial score (nSPS) is 23.0. The lowest BCUT2D eigenvalue weighted by atomic mass is 9.77. The number of rotatable bonds is 4. The van der Waals surface area contributed by atoms with Crippen LogP contribution in [0.15, 0.2) is 27.3 Å². The minimum absolute atomic E-state index is 0.0853. The Balaban J connectivity index is 1.42. The summed E-state index contributed by atoms with van der Waals surface area (Å²) in [5.74, 6) is -0.186. The smallest absolute Gasteiger partial charge is 0.309 e. The number of carbonyl (C=O) groups excluding carboxylic acids is 1. The van der Waals surface area contributed by atoms with Crippen molar-refractivity contribution >= 4 is 11.9 Å². The Bertz CT molecular complexity index is 807. The molecular weight excluding hydrogens is 340 g/mol. The molecule has 9 nitrogen and oxygen atoms in total. The van der Waals surface area contributed by atoms with E-state index in [4.69, 9.17) is 8.94 Å². The van der Waals surface area contributed by atoms with Crippen LogP contribution in [0.3, 0.4) is 0 Å². The van der Waals surface area contributed by atoms with E-state index in [0.717, 1.165) is 0 Å². The average molecular weight is 360 g/mol. The van der Waals surface area contributed by atoms with Gasteiger partial charge in [-0.1, -0.05) is 5.16 Å². The van der Waals surface area contributed by atoms with Gasteiger partial charge in [-0.15, -0.1) is 0 Å². The topological polar surface area (TPSA) is 113 Å². The van der Waals surface area contributed by atoms with Crippen molar-refractivity contribution in [1.82, 2.24) is 19.9 Å². The number of aliphatic carboxylic acids is 1. The van der Waals surface area contributed by atoms with E-state index in [9.17, 15) is 14.7 Å². The number of carboxylic acids is 1. The van der Waals surface area contributed by atoms with Gasteiger partial charge in [0.2, 0.25) is 17.6 Å². The molecule has 2 fully saturated rings. The van der Waals surface area contributed by atoms with E-state index in [1.165, 1.54) is 0 Å². The lowest BCUT2D eigenvalue weighted by Gasteiger charge is -2.45. The number of amides is 1. The van der Waals surface area contributed by atoms with Gasteiger partial charge < -0.3 is 18.9 Å². The van der Waals surface area contributed by atoms with Crippen LogP contribution in [0.2, 0.25) is 0 Å². The Morgan fingerprint density at radius 2 is 2.19 bits per heavy atom. The van der Waals surface area contributed by atoms with Gasteiger partial charge in [-0.2, -0.15) is 4.98 Å². The molecule has 2 saturated heterocycles. The molecular formula is C17H20N4O5. The fourth-order valence-electron chi connectivity index (χ4n) is 4.10. The summed E-state index contributed by atoms with van der Waals surface area (Å²) >= 11 is 0. The Kier molecular flexibility index (Phi) is 4.03. The van der Waals surface area contributed by atoms with E-state index in [0.29, 0.717) is 50.0 Å². The maximum absolute atomic E-state index is 12.1. The molecule has 0 radical (unpaired) electrons. The molecule has 2 aromatic heterocycles. The van der Waals surface area contributed by atoms with Crippen LogP contribution in [0.5, 0.6) is 0 Å². The fourth-order valence-corrected chi connectivity index (χ4v) is 4.10. The first-order valence-corrected chi connectivity index (χ1v) is 8.58. The summed E-state index contributed by atoms with van der Waals surface area (Å²) in [6.45, 7) is 1.82. The van der Waals surface area contributed by atoms with E-state index < -0.39 is 17.4 Å². The van der Waals surface area contributed by atoms with E-state index >= 15 is 0 Å². The number of furan rings is 1. The molecule has 0 aromatic carbocycles. The molecule has 2 aliphatic rings. The van der Waals surface area contributed by atoms with Crippen LogP contribution in [0.1, 0.15) is 25.2 Å². The van der Waals surface area contributed by atoms with Crippen LogP contribution in [0.25, 0.3) is 11.6 Å². The highest BCUT2D eigenvalue weighted by Gasteiger charge is 2.55. The molecule has 4 heterocycles. The Morgan fingerprint density at radius 3 is 2.85 bits per heavy atom. The average Bonchev–Trinajstić information content (AvgIpc) is 3.34. The van der Waals surface area contributed by atoms with Crippen molar-refractivity contribution in [2.45, 2.75) is 31.3 Å². The zero-order chi connectivity index (χ0) is 18.3. The molecule has 9 heteroatoms. The molecule has 0 bridgehead atoms. The summed E-state index contributed by atoms with van der Waals surface area (Å²) in [5.41, 5.74) is -0.590. The van der Waals surface area contributed by atoms with Gasteiger partial charge in [0.05, 0.1) is 24.3 Å². The third-order valence-electron chi connectivity index (χ3n) is 5.66. The van der Waals surface area contributed by atoms with Gasteiger partial charge in [0.25, 0.3) is 0 Å². The van der Waals surface area contributed by atoms with Crippen LogP contribution in [0, 0.1) is 5.92 Å². The summed E-state index contributed by atoms with van der Waals surface area (Å²) in [6, 6.07) is 3.52. The van der Waals surface area contributed by atoms with Crippen LogP contribution in [-0.4, -0.2) is 62.6 Å². The molecule has 138 valence electrons. The van der Waals surface area contributed by atoms with Gasteiger partial charge in [-0.25, -0.2) is 0 Å². The number of carboxylic acid groups (broad SMARTS) is 1. The number of aromatic nitrogens is 2. The Hall–Kier alpha value is -2.68. The SMILES string of the molecule is CN1C(=O)C[C@H](C(=O)O)C12CCN(Cc1nc(-c3ccco3)no1)CC2. The predicted octanol–water partition coefficient (Wildman–Crippen LogP) is 1.23. The second-order valence-corrected chi connectivity index (χ2v) is 6.92. The number of hydrogen-bond acceptors (Lipinski definition) is 7. The Morgan fingerprint density at radius 1 is 1.42 bits per heavy atom. The minimum Gasteiger partial charge on any atom is -0.481 e. The third kappa shape index (κ3) is 2.68. The van der Waals surface area contributed by atoms with Crippen LogP contribution >= 0.6 is 0 Å². The maximum Gasteiger partial charge on any atom is 0.309 e. The van der Waals surface area contributed by atoms with Crippen molar-refractivity contribution in [1.29, 1.82) is 0 Å². The van der Waals surface area contributed by atoms with E-state index in [2.05, 4.69) is 15.0 Å². The molecule has 1 N–H and O–H groups in total. The number of likely N-dealkylation sites (tertiary alicyclic amines) is 2. The lowest BCUT2D eigenvalue weighted by Crippen LogP contribution is -2.55. The maximum atomic E-state index is 12.1. The molecule has 0 unspecified atom stereocenters. The highest BCUT2D eigenvalue weighted by molar-refractivity contribution is 5.88. The highest BCUT2D eigenvalue weighted by atomic mass is 16.5. The molecule has 1 atom stereocenters. The van der Waals surface area contributed by atoms with E-state index in [1.807, 2.05) is 0 Å². The second-order valence-electron chi connectivity index (χ2n) is 6.92. The third-order valence-corrected chi connectivity index (χ3v) is 5.66. The standard InChI is InChI=1S/C17H20N4O5/c1-20-14(22)9-11(16(23)24)17(20)4-6-21(7-5-17)10-13-18-15(19-26-13)12-3-2-8-25-12/h2-3,8,11H,4-7,9-10H2,1H3,(H,23,24)/t11-/m1/s1. The summed E-state index contributed by atoms with van der Waals surface area (Å²) in [4.78, 5) is 31.8. The molecule has 26 heavy (non-hydrogen) atoms. The van der Waals surface area contributed by atoms with Crippen molar-refractivity contribution in [3.63, 3.8) is 0 Å². The van der Waals surface area contributed by atoms with Gasteiger partial charge >= 0.3 is 5.97 Å².